The van der Waals surface area contributed by atoms with Crippen molar-refractivity contribution >= 4 is 11.4 Å². The van der Waals surface area contributed by atoms with Gasteiger partial charge in [0.1, 0.15) is 11.4 Å². The summed E-state index contributed by atoms with van der Waals surface area (Å²) in [5.41, 5.74) is 16.7. The monoisotopic (exact) mass is 553 g/mol. The van der Waals surface area contributed by atoms with Crippen molar-refractivity contribution in [3.8, 4) is 22.7 Å². The van der Waals surface area contributed by atoms with Gasteiger partial charge in [-0.2, -0.15) is 5.10 Å². The maximum absolute atomic E-state index is 9.61. The van der Waals surface area contributed by atoms with Crippen molar-refractivity contribution in [2.75, 3.05) is 16.8 Å². The first kappa shape index (κ1) is 28.7. The average molecular weight is 554 g/mol. The third-order valence-corrected chi connectivity index (χ3v) is 7.70. The zero-order chi connectivity index (χ0) is 29.5. The predicted octanol–water partition coefficient (Wildman–Crippen LogP) is 6.45. The molecule has 0 aliphatic carbocycles. The molecule has 5 rings (SSSR count). The number of aliphatic hydroxyl groups excluding tert-OH is 1. The van der Waals surface area contributed by atoms with Crippen LogP contribution >= 0.6 is 0 Å². The van der Waals surface area contributed by atoms with E-state index in [1.165, 1.54) is 22.4 Å². The number of para-hydroxylation sites is 1. The van der Waals surface area contributed by atoms with E-state index in [0.29, 0.717) is 0 Å². The summed E-state index contributed by atoms with van der Waals surface area (Å²) in [5, 5.41) is 17.7. The summed E-state index contributed by atoms with van der Waals surface area (Å²) in [6, 6.07) is 21.0. The number of rotatable bonds is 7. The molecule has 0 saturated heterocycles. The predicted molar refractivity (Wildman–Crippen MR) is 168 cm³/mol. The number of aryl methyl sites for hydroxylation is 2. The zero-order valence-corrected chi connectivity index (χ0v) is 25.3. The molecule has 4 N–H and O–H groups in total. The zero-order valence-electron chi connectivity index (χ0n) is 25.3. The summed E-state index contributed by atoms with van der Waals surface area (Å²) in [6.45, 7) is 16.8. The quantitative estimate of drug-likeness (QED) is 0.228. The summed E-state index contributed by atoms with van der Waals surface area (Å²) in [5.74, 6) is 0.816. The first-order valence-electron chi connectivity index (χ1n) is 14.5. The number of aromatic nitrogens is 2. The Labute approximate surface area is 244 Å². The molecule has 216 valence electrons. The highest BCUT2D eigenvalue weighted by atomic mass is 16.5. The molecule has 1 unspecified atom stereocenters. The van der Waals surface area contributed by atoms with E-state index in [1.807, 2.05) is 38.1 Å². The van der Waals surface area contributed by atoms with Crippen LogP contribution in [0.5, 0.6) is 5.75 Å². The molecule has 41 heavy (non-hydrogen) atoms. The Morgan fingerprint density at radius 1 is 1.00 bits per heavy atom. The van der Waals surface area contributed by atoms with Crippen LogP contribution in [-0.4, -0.2) is 33.9 Å². The number of hydrogen-bond acceptors (Lipinski definition) is 6. The third-order valence-electron chi connectivity index (χ3n) is 7.70. The van der Waals surface area contributed by atoms with Crippen molar-refractivity contribution in [2.45, 2.75) is 79.3 Å². The molecular weight excluding hydrogens is 510 g/mol. The molecule has 1 aromatic heterocycles. The SMILES string of the molecule is Cc1ccc(C(C)(C)C)cc1N1CCc2nn(-c3c(C)cccc3OC(C)C)c(-c3ccc(NC(N)O)cc3)c2C1. The number of fused-ring (bicyclic) bond motifs is 1. The van der Waals surface area contributed by atoms with E-state index >= 15 is 0 Å². The lowest BCUT2D eigenvalue weighted by molar-refractivity contribution is 0.212. The van der Waals surface area contributed by atoms with Gasteiger partial charge in [-0.3, -0.25) is 5.73 Å². The largest absolute Gasteiger partial charge is 0.489 e. The molecule has 0 spiro atoms. The number of hydrogen-bond donors (Lipinski definition) is 3. The lowest BCUT2D eigenvalue weighted by Gasteiger charge is -2.32. The van der Waals surface area contributed by atoms with Crippen LogP contribution in [-0.2, 0) is 18.4 Å². The van der Waals surface area contributed by atoms with Crippen LogP contribution in [0.1, 0.15) is 62.6 Å². The second-order valence-corrected chi connectivity index (χ2v) is 12.4. The van der Waals surface area contributed by atoms with Gasteiger partial charge < -0.3 is 20.1 Å². The van der Waals surface area contributed by atoms with Gasteiger partial charge in [-0.15, -0.1) is 0 Å². The lowest BCUT2D eigenvalue weighted by atomic mass is 9.86. The number of benzene rings is 3. The average Bonchev–Trinajstić information content (AvgIpc) is 3.26. The van der Waals surface area contributed by atoms with Crippen LogP contribution < -0.4 is 20.7 Å². The van der Waals surface area contributed by atoms with E-state index < -0.39 is 6.35 Å². The molecule has 1 atom stereocenters. The Morgan fingerprint density at radius 3 is 2.39 bits per heavy atom. The van der Waals surface area contributed by atoms with Crippen LogP contribution in [0.25, 0.3) is 16.9 Å². The Kier molecular flexibility index (Phi) is 7.86. The molecule has 0 radical (unpaired) electrons. The molecule has 3 aromatic carbocycles. The van der Waals surface area contributed by atoms with E-state index in [4.69, 9.17) is 15.6 Å². The summed E-state index contributed by atoms with van der Waals surface area (Å²) in [6.07, 6.45) is -0.243. The molecule has 0 fully saturated rings. The minimum atomic E-state index is -1.12. The smallest absolute Gasteiger partial charge is 0.178 e. The Bertz CT molecular complexity index is 1530. The molecule has 4 aromatic rings. The molecule has 0 bridgehead atoms. The number of nitrogens with two attached hydrogens (primary N) is 1. The van der Waals surface area contributed by atoms with Crippen LogP contribution in [0.4, 0.5) is 11.4 Å². The summed E-state index contributed by atoms with van der Waals surface area (Å²) in [4.78, 5) is 2.49. The molecule has 0 saturated carbocycles. The second kappa shape index (κ2) is 11.2. The molecular formula is C34H43N5O2. The van der Waals surface area contributed by atoms with Crippen molar-refractivity contribution in [1.82, 2.24) is 9.78 Å². The number of ether oxygens (including phenoxy) is 1. The highest BCUT2D eigenvalue weighted by Gasteiger charge is 2.29. The van der Waals surface area contributed by atoms with Gasteiger partial charge in [0.25, 0.3) is 0 Å². The van der Waals surface area contributed by atoms with E-state index in [2.05, 4.69) is 85.9 Å². The van der Waals surface area contributed by atoms with E-state index in [0.717, 1.165) is 59.1 Å². The Hall–Kier alpha value is -3.81. The molecule has 7 nitrogen and oxygen atoms in total. The van der Waals surface area contributed by atoms with Gasteiger partial charge in [0.15, 0.2) is 6.35 Å². The fourth-order valence-corrected chi connectivity index (χ4v) is 5.60. The second-order valence-electron chi connectivity index (χ2n) is 12.4. The van der Waals surface area contributed by atoms with E-state index in [-0.39, 0.29) is 11.5 Å². The summed E-state index contributed by atoms with van der Waals surface area (Å²) < 4.78 is 8.38. The van der Waals surface area contributed by atoms with Crippen molar-refractivity contribution in [1.29, 1.82) is 0 Å². The Morgan fingerprint density at radius 2 is 1.73 bits per heavy atom. The van der Waals surface area contributed by atoms with Gasteiger partial charge in [-0.25, -0.2) is 4.68 Å². The maximum Gasteiger partial charge on any atom is 0.178 e. The van der Waals surface area contributed by atoms with Crippen LogP contribution in [0, 0.1) is 13.8 Å². The van der Waals surface area contributed by atoms with Gasteiger partial charge >= 0.3 is 0 Å². The molecule has 1 aliphatic rings. The number of nitrogens with zero attached hydrogens (tertiary/aromatic N) is 3. The highest BCUT2D eigenvalue weighted by Crippen LogP contribution is 2.39. The standard InChI is InChI=1S/C34H43N5O2/c1-21(2)41-30-10-8-9-23(4)31(30)39-32(24-12-15-26(16-13-24)36-33(35)40)27-20-38(18-17-28(27)37-39)29-19-25(34(5,6)7)14-11-22(29)3/h8-16,19,21,33,36,40H,17-18,20,35H2,1-7H3. The minimum Gasteiger partial charge on any atom is -0.489 e. The molecule has 7 heteroatoms. The van der Waals surface area contributed by atoms with Gasteiger partial charge in [-0.05, 0) is 74.1 Å². The third kappa shape index (κ3) is 5.97. The fraction of sp³-hybridized carbons (Fsp3) is 0.382. The first-order valence-corrected chi connectivity index (χ1v) is 14.5. The van der Waals surface area contributed by atoms with Crippen LogP contribution in [0.15, 0.2) is 60.7 Å². The summed E-state index contributed by atoms with van der Waals surface area (Å²) in [7, 11) is 0. The van der Waals surface area contributed by atoms with Crippen molar-refractivity contribution in [2.24, 2.45) is 5.73 Å². The van der Waals surface area contributed by atoms with Gasteiger partial charge in [-0.1, -0.05) is 57.2 Å². The van der Waals surface area contributed by atoms with Crippen molar-refractivity contribution in [3.63, 3.8) is 0 Å². The number of nitrogens with one attached hydrogen (secondary N) is 1. The number of anilines is 2. The molecule has 1 aliphatic heterocycles. The normalized spacial score (nSPS) is 14.2. The Balaban J connectivity index is 1.66. The van der Waals surface area contributed by atoms with E-state index in [1.54, 1.807) is 0 Å². The molecule has 2 heterocycles. The topological polar surface area (TPSA) is 88.6 Å². The fourth-order valence-electron chi connectivity index (χ4n) is 5.60. The van der Waals surface area contributed by atoms with Gasteiger partial charge in [0.05, 0.1) is 17.5 Å². The minimum absolute atomic E-state index is 0.0331. The summed E-state index contributed by atoms with van der Waals surface area (Å²) >= 11 is 0. The van der Waals surface area contributed by atoms with Crippen LogP contribution in [0.3, 0.4) is 0 Å². The molecule has 0 amide bonds. The number of aliphatic hydroxyl groups is 1. The first-order chi connectivity index (χ1) is 19.4. The highest BCUT2D eigenvalue weighted by molar-refractivity contribution is 5.72. The van der Waals surface area contributed by atoms with Gasteiger partial charge in [0.2, 0.25) is 0 Å². The van der Waals surface area contributed by atoms with Crippen molar-refractivity contribution in [3.05, 3.63) is 88.6 Å². The van der Waals surface area contributed by atoms with Crippen LogP contribution in [0.2, 0.25) is 0 Å². The lowest BCUT2D eigenvalue weighted by Crippen LogP contribution is -2.31. The maximum atomic E-state index is 9.61. The van der Waals surface area contributed by atoms with E-state index in [9.17, 15) is 5.11 Å². The van der Waals surface area contributed by atoms with Crippen molar-refractivity contribution < 1.29 is 9.84 Å². The van der Waals surface area contributed by atoms with Gasteiger partial charge in [0, 0.05) is 42.0 Å².